The lowest BCUT2D eigenvalue weighted by Crippen LogP contribution is -2.59. The second-order valence-corrected chi connectivity index (χ2v) is 4.49. The van der Waals surface area contributed by atoms with E-state index in [1.165, 1.54) is 6.42 Å². The summed E-state index contributed by atoms with van der Waals surface area (Å²) >= 11 is 0. The molecule has 2 fully saturated rings. The van der Waals surface area contributed by atoms with E-state index in [0.717, 1.165) is 18.8 Å². The van der Waals surface area contributed by atoms with E-state index >= 15 is 0 Å². The number of pyridine rings is 1. The Bertz CT molecular complexity index is 426. The molecule has 1 N–H and O–H groups in total. The maximum Gasteiger partial charge on any atom is 0.144 e. The summed E-state index contributed by atoms with van der Waals surface area (Å²) in [6, 6.07) is 5.56. The van der Waals surface area contributed by atoms with Gasteiger partial charge in [0.15, 0.2) is 0 Å². The van der Waals surface area contributed by atoms with Crippen LogP contribution >= 0.6 is 0 Å². The van der Waals surface area contributed by atoms with E-state index < -0.39 is 0 Å². The highest BCUT2D eigenvalue weighted by Crippen LogP contribution is 2.39. The van der Waals surface area contributed by atoms with Gasteiger partial charge in [0.25, 0.3) is 0 Å². The molecule has 0 aromatic carbocycles. The van der Waals surface area contributed by atoms with E-state index in [2.05, 4.69) is 10.3 Å². The lowest BCUT2D eigenvalue weighted by atomic mass is 9.69. The molecule has 1 saturated heterocycles. The number of fused-ring (bicyclic) bond motifs is 2. The molecule has 2 aliphatic rings. The Balaban J connectivity index is 1.72. The van der Waals surface area contributed by atoms with Crippen LogP contribution in [0, 0.1) is 23.2 Å². The molecule has 2 heterocycles. The number of nitrogens with zero attached hydrogens (tertiary/aromatic N) is 2. The first-order chi connectivity index (χ1) is 7.86. The van der Waals surface area contributed by atoms with Crippen molar-refractivity contribution in [2.45, 2.75) is 12.5 Å². The van der Waals surface area contributed by atoms with Gasteiger partial charge in [0.2, 0.25) is 0 Å². The molecule has 0 amide bonds. The SMILES string of the molecule is N#Cc1cc(OC2[C@@H]3CNC[C@H]2C3)ccn1. The first-order valence-electron chi connectivity index (χ1n) is 5.60. The van der Waals surface area contributed by atoms with Crippen LogP contribution in [0.1, 0.15) is 12.1 Å². The summed E-state index contributed by atoms with van der Waals surface area (Å²) in [5.74, 6) is 2.04. The van der Waals surface area contributed by atoms with Gasteiger partial charge in [0, 0.05) is 37.2 Å². The zero-order valence-corrected chi connectivity index (χ0v) is 8.89. The Hall–Kier alpha value is -1.60. The van der Waals surface area contributed by atoms with Crippen LogP contribution in [-0.4, -0.2) is 24.2 Å². The second kappa shape index (κ2) is 3.76. The summed E-state index contributed by atoms with van der Waals surface area (Å²) in [6.45, 7) is 2.11. The number of piperidine rings is 2. The summed E-state index contributed by atoms with van der Waals surface area (Å²) in [5, 5.41) is 12.1. The van der Waals surface area contributed by atoms with Gasteiger partial charge in [-0.3, -0.25) is 0 Å². The van der Waals surface area contributed by atoms with Gasteiger partial charge in [0.1, 0.15) is 23.6 Å². The Labute approximate surface area is 94.2 Å². The van der Waals surface area contributed by atoms with Crippen LogP contribution < -0.4 is 10.1 Å². The average Bonchev–Trinajstić information content (AvgIpc) is 2.37. The lowest BCUT2D eigenvalue weighted by molar-refractivity contribution is -0.0446. The van der Waals surface area contributed by atoms with Crippen LogP contribution in [-0.2, 0) is 0 Å². The van der Waals surface area contributed by atoms with E-state index in [0.29, 0.717) is 23.6 Å². The Morgan fingerprint density at radius 2 is 2.25 bits per heavy atom. The van der Waals surface area contributed by atoms with Crippen molar-refractivity contribution >= 4 is 0 Å². The molecular weight excluding hydrogens is 202 g/mol. The molecule has 4 heteroatoms. The van der Waals surface area contributed by atoms with E-state index in [1.54, 1.807) is 12.3 Å². The van der Waals surface area contributed by atoms with Gasteiger partial charge in [-0.25, -0.2) is 4.98 Å². The maximum atomic E-state index is 8.75. The van der Waals surface area contributed by atoms with E-state index in [4.69, 9.17) is 10.00 Å². The number of hydrogen-bond acceptors (Lipinski definition) is 4. The molecule has 1 unspecified atom stereocenters. The van der Waals surface area contributed by atoms with Crippen LogP contribution in [0.5, 0.6) is 5.75 Å². The van der Waals surface area contributed by atoms with Crippen molar-refractivity contribution in [1.29, 1.82) is 5.26 Å². The van der Waals surface area contributed by atoms with Crippen molar-refractivity contribution in [2.75, 3.05) is 13.1 Å². The first-order valence-corrected chi connectivity index (χ1v) is 5.60. The molecule has 1 aliphatic heterocycles. The zero-order chi connectivity index (χ0) is 11.0. The van der Waals surface area contributed by atoms with Crippen molar-refractivity contribution in [3.05, 3.63) is 24.0 Å². The number of nitrogens with one attached hydrogen (secondary N) is 1. The predicted molar refractivity (Wildman–Crippen MR) is 57.8 cm³/mol. The third-order valence-corrected chi connectivity index (χ3v) is 3.47. The van der Waals surface area contributed by atoms with Crippen molar-refractivity contribution in [2.24, 2.45) is 11.8 Å². The maximum absolute atomic E-state index is 8.75. The molecule has 1 aromatic heterocycles. The van der Waals surface area contributed by atoms with Crippen LogP contribution in [0.4, 0.5) is 0 Å². The van der Waals surface area contributed by atoms with E-state index in [1.807, 2.05) is 12.1 Å². The van der Waals surface area contributed by atoms with Crippen LogP contribution in [0.3, 0.4) is 0 Å². The highest BCUT2D eigenvalue weighted by atomic mass is 16.5. The van der Waals surface area contributed by atoms with Crippen molar-refractivity contribution in [3.63, 3.8) is 0 Å². The summed E-state index contributed by atoms with van der Waals surface area (Å²) in [5.41, 5.74) is 0.417. The van der Waals surface area contributed by atoms with Gasteiger partial charge in [-0.1, -0.05) is 0 Å². The van der Waals surface area contributed by atoms with E-state index in [9.17, 15) is 0 Å². The highest BCUT2D eigenvalue weighted by Gasteiger charge is 2.45. The van der Waals surface area contributed by atoms with Crippen molar-refractivity contribution in [1.82, 2.24) is 10.3 Å². The van der Waals surface area contributed by atoms with Crippen LogP contribution in [0.2, 0.25) is 0 Å². The molecule has 16 heavy (non-hydrogen) atoms. The molecule has 1 saturated carbocycles. The number of rotatable bonds is 2. The fourth-order valence-corrected chi connectivity index (χ4v) is 2.59. The molecular formula is C12H13N3O. The molecule has 0 spiro atoms. The minimum Gasteiger partial charge on any atom is -0.490 e. The Kier molecular flexibility index (Phi) is 2.26. The standard InChI is InChI=1S/C12H13N3O/c13-5-10-4-11(1-2-15-10)16-12-8-3-9(12)7-14-6-8/h1-2,4,8-9,12,14H,3,6-7H2/t8-,9+,12?. The van der Waals surface area contributed by atoms with Gasteiger partial charge >= 0.3 is 0 Å². The van der Waals surface area contributed by atoms with Gasteiger partial charge in [-0.2, -0.15) is 5.26 Å². The molecule has 2 bridgehead atoms. The molecule has 3 atom stereocenters. The van der Waals surface area contributed by atoms with Gasteiger partial charge in [-0.15, -0.1) is 0 Å². The summed E-state index contributed by atoms with van der Waals surface area (Å²) in [6.07, 6.45) is 3.23. The van der Waals surface area contributed by atoms with Crippen LogP contribution in [0.15, 0.2) is 18.3 Å². The highest BCUT2D eigenvalue weighted by molar-refractivity contribution is 5.30. The molecule has 1 aromatic rings. The second-order valence-electron chi connectivity index (χ2n) is 4.49. The third kappa shape index (κ3) is 1.54. The Morgan fingerprint density at radius 1 is 1.44 bits per heavy atom. The van der Waals surface area contributed by atoms with Gasteiger partial charge in [-0.05, 0) is 12.5 Å². The first kappa shape index (κ1) is 9.61. The summed E-state index contributed by atoms with van der Waals surface area (Å²) in [4.78, 5) is 3.93. The fraction of sp³-hybridized carbons (Fsp3) is 0.500. The molecule has 4 nitrogen and oxygen atoms in total. The smallest absolute Gasteiger partial charge is 0.144 e. The third-order valence-electron chi connectivity index (χ3n) is 3.47. The number of ether oxygens (including phenoxy) is 1. The minimum atomic E-state index is 0.329. The number of hydrogen-bond donors (Lipinski definition) is 1. The van der Waals surface area contributed by atoms with Crippen molar-refractivity contribution in [3.8, 4) is 11.8 Å². The summed E-state index contributed by atoms with van der Waals surface area (Å²) in [7, 11) is 0. The largest absolute Gasteiger partial charge is 0.490 e. The average molecular weight is 215 g/mol. The minimum absolute atomic E-state index is 0.329. The van der Waals surface area contributed by atoms with E-state index in [-0.39, 0.29) is 0 Å². The monoisotopic (exact) mass is 215 g/mol. The summed E-state index contributed by atoms with van der Waals surface area (Å²) < 4.78 is 5.93. The van der Waals surface area contributed by atoms with Crippen molar-refractivity contribution < 1.29 is 4.74 Å². The Morgan fingerprint density at radius 3 is 2.94 bits per heavy atom. The normalized spacial score (nSPS) is 31.3. The molecule has 1 aliphatic carbocycles. The predicted octanol–water partition coefficient (Wildman–Crippen LogP) is 0.940. The van der Waals surface area contributed by atoms with Gasteiger partial charge < -0.3 is 10.1 Å². The van der Waals surface area contributed by atoms with Gasteiger partial charge in [0.05, 0.1) is 0 Å². The quantitative estimate of drug-likeness (QED) is 0.797. The molecule has 3 rings (SSSR count). The lowest BCUT2D eigenvalue weighted by Gasteiger charge is -2.48. The topological polar surface area (TPSA) is 57.9 Å². The number of aromatic nitrogens is 1. The van der Waals surface area contributed by atoms with Crippen LogP contribution in [0.25, 0.3) is 0 Å². The fourth-order valence-electron chi connectivity index (χ4n) is 2.59. The molecule has 0 radical (unpaired) electrons. The number of nitriles is 1. The zero-order valence-electron chi connectivity index (χ0n) is 8.89. The molecule has 82 valence electrons.